The van der Waals surface area contributed by atoms with E-state index < -0.39 is 0 Å². The zero-order valence-corrected chi connectivity index (χ0v) is 13.4. The number of rotatable bonds is 5. The Kier molecular flexibility index (Phi) is 5.30. The van der Waals surface area contributed by atoms with Crippen molar-refractivity contribution in [3.8, 4) is 0 Å². The Morgan fingerprint density at radius 2 is 1.57 bits per heavy atom. The number of likely N-dealkylation sites (tertiary alicyclic amines) is 1. The molecule has 0 radical (unpaired) electrons. The van der Waals surface area contributed by atoms with Crippen LogP contribution in [-0.4, -0.2) is 30.4 Å². The number of anilines is 1. The summed E-state index contributed by atoms with van der Waals surface area (Å²) in [5, 5.41) is 3.20. The molecular formula is C20H24N2O. The molecule has 120 valence electrons. The molecule has 0 spiro atoms. The molecule has 0 aromatic heterocycles. The lowest BCUT2D eigenvalue weighted by atomic mass is 9.90. The number of nitrogens with one attached hydrogen (secondary N) is 1. The number of carbonyl (C=O) groups excluding carboxylic acids is 1. The molecule has 1 heterocycles. The third-order valence-corrected chi connectivity index (χ3v) is 4.55. The lowest BCUT2D eigenvalue weighted by Crippen LogP contribution is -2.41. The van der Waals surface area contributed by atoms with Gasteiger partial charge in [-0.05, 0) is 42.9 Å². The van der Waals surface area contributed by atoms with Crippen LogP contribution in [0.1, 0.15) is 18.4 Å². The third kappa shape index (κ3) is 4.59. The number of amides is 1. The van der Waals surface area contributed by atoms with Gasteiger partial charge in [-0.25, -0.2) is 0 Å². The molecular weight excluding hydrogens is 284 g/mol. The molecule has 1 saturated heterocycles. The Hall–Kier alpha value is -2.29. The maximum Gasteiger partial charge on any atom is 0.241 e. The highest BCUT2D eigenvalue weighted by molar-refractivity contribution is 5.80. The highest BCUT2D eigenvalue weighted by atomic mass is 16.2. The average Bonchev–Trinajstić information content (AvgIpc) is 2.62. The van der Waals surface area contributed by atoms with Crippen LogP contribution in [0.25, 0.3) is 0 Å². The molecule has 1 fully saturated rings. The molecule has 1 aliphatic rings. The summed E-state index contributed by atoms with van der Waals surface area (Å²) in [5.74, 6) is 0.899. The van der Waals surface area contributed by atoms with Crippen LogP contribution in [0.3, 0.4) is 0 Å². The van der Waals surface area contributed by atoms with E-state index in [0.717, 1.165) is 38.0 Å². The fourth-order valence-corrected chi connectivity index (χ4v) is 3.18. The Labute approximate surface area is 138 Å². The molecule has 1 N–H and O–H groups in total. The van der Waals surface area contributed by atoms with Gasteiger partial charge in [-0.3, -0.25) is 4.79 Å². The molecule has 0 bridgehead atoms. The second-order valence-corrected chi connectivity index (χ2v) is 6.23. The minimum absolute atomic E-state index is 0.201. The molecule has 3 rings (SSSR count). The minimum atomic E-state index is 0.201. The molecule has 1 amide bonds. The summed E-state index contributed by atoms with van der Waals surface area (Å²) in [6.45, 7) is 2.15. The Morgan fingerprint density at radius 3 is 2.22 bits per heavy atom. The quantitative estimate of drug-likeness (QED) is 0.915. The van der Waals surface area contributed by atoms with Crippen molar-refractivity contribution in [2.45, 2.75) is 19.3 Å². The minimum Gasteiger partial charge on any atom is -0.376 e. The SMILES string of the molecule is O=C(CNc1ccccc1)N1CCC(Cc2ccccc2)CC1. The molecule has 0 aliphatic carbocycles. The van der Waals surface area contributed by atoms with Crippen molar-refractivity contribution in [3.63, 3.8) is 0 Å². The first-order valence-corrected chi connectivity index (χ1v) is 8.42. The van der Waals surface area contributed by atoms with Crippen LogP contribution in [0.15, 0.2) is 60.7 Å². The Morgan fingerprint density at radius 1 is 0.957 bits per heavy atom. The smallest absolute Gasteiger partial charge is 0.241 e. The second kappa shape index (κ2) is 7.82. The summed E-state index contributed by atoms with van der Waals surface area (Å²) in [6, 6.07) is 20.5. The third-order valence-electron chi connectivity index (χ3n) is 4.55. The van der Waals surface area contributed by atoms with Gasteiger partial charge in [0.2, 0.25) is 5.91 Å². The van der Waals surface area contributed by atoms with Crippen LogP contribution < -0.4 is 5.32 Å². The number of para-hydroxylation sites is 1. The van der Waals surface area contributed by atoms with Crippen molar-refractivity contribution in [1.29, 1.82) is 0 Å². The van der Waals surface area contributed by atoms with E-state index in [0.29, 0.717) is 12.5 Å². The second-order valence-electron chi connectivity index (χ2n) is 6.23. The largest absolute Gasteiger partial charge is 0.376 e. The molecule has 0 atom stereocenters. The maximum atomic E-state index is 12.3. The number of carbonyl (C=O) groups is 1. The monoisotopic (exact) mass is 308 g/mol. The number of nitrogens with zero attached hydrogens (tertiary/aromatic N) is 1. The highest BCUT2D eigenvalue weighted by Gasteiger charge is 2.22. The summed E-state index contributed by atoms with van der Waals surface area (Å²) in [7, 11) is 0. The van der Waals surface area contributed by atoms with E-state index in [9.17, 15) is 4.79 Å². The standard InChI is InChI=1S/C20H24N2O/c23-20(16-21-19-9-5-2-6-10-19)22-13-11-18(12-14-22)15-17-7-3-1-4-8-17/h1-10,18,21H,11-16H2. The van der Waals surface area contributed by atoms with Crippen LogP contribution in [-0.2, 0) is 11.2 Å². The molecule has 1 aliphatic heterocycles. The van der Waals surface area contributed by atoms with Gasteiger partial charge < -0.3 is 10.2 Å². The first-order chi connectivity index (χ1) is 11.3. The molecule has 3 heteroatoms. The maximum absolute atomic E-state index is 12.3. The van der Waals surface area contributed by atoms with E-state index in [1.807, 2.05) is 35.2 Å². The van der Waals surface area contributed by atoms with Gasteiger partial charge in [-0.15, -0.1) is 0 Å². The van der Waals surface area contributed by atoms with Crippen molar-refractivity contribution < 1.29 is 4.79 Å². The van der Waals surface area contributed by atoms with Gasteiger partial charge in [0.15, 0.2) is 0 Å². The van der Waals surface area contributed by atoms with Gasteiger partial charge in [0.1, 0.15) is 0 Å². The first-order valence-electron chi connectivity index (χ1n) is 8.42. The van der Waals surface area contributed by atoms with Gasteiger partial charge >= 0.3 is 0 Å². The molecule has 3 nitrogen and oxygen atoms in total. The molecule has 2 aromatic rings. The van der Waals surface area contributed by atoms with Crippen LogP contribution in [0.2, 0.25) is 0 Å². The number of piperidine rings is 1. The van der Waals surface area contributed by atoms with Gasteiger partial charge in [0.25, 0.3) is 0 Å². The predicted molar refractivity (Wildman–Crippen MR) is 94.4 cm³/mol. The summed E-state index contributed by atoms with van der Waals surface area (Å²) < 4.78 is 0. The van der Waals surface area contributed by atoms with E-state index in [1.165, 1.54) is 5.56 Å². The fourth-order valence-electron chi connectivity index (χ4n) is 3.18. The number of benzene rings is 2. The average molecular weight is 308 g/mol. The van der Waals surface area contributed by atoms with E-state index in [-0.39, 0.29) is 5.91 Å². The van der Waals surface area contributed by atoms with Crippen molar-refractivity contribution in [2.24, 2.45) is 5.92 Å². The van der Waals surface area contributed by atoms with Gasteiger partial charge in [0, 0.05) is 18.8 Å². The summed E-state index contributed by atoms with van der Waals surface area (Å²) >= 11 is 0. The predicted octanol–water partition coefficient (Wildman–Crippen LogP) is 3.58. The first kappa shape index (κ1) is 15.6. The van der Waals surface area contributed by atoms with Crippen LogP contribution in [0.5, 0.6) is 0 Å². The Bertz CT molecular complexity index is 604. The topological polar surface area (TPSA) is 32.3 Å². The van der Waals surface area contributed by atoms with E-state index in [4.69, 9.17) is 0 Å². The summed E-state index contributed by atoms with van der Waals surface area (Å²) in [4.78, 5) is 14.3. The van der Waals surface area contributed by atoms with Crippen LogP contribution >= 0.6 is 0 Å². The zero-order valence-electron chi connectivity index (χ0n) is 13.4. The van der Waals surface area contributed by atoms with Crippen molar-refractivity contribution in [3.05, 3.63) is 66.2 Å². The zero-order chi connectivity index (χ0) is 15.9. The van der Waals surface area contributed by atoms with Crippen molar-refractivity contribution in [1.82, 2.24) is 4.90 Å². The van der Waals surface area contributed by atoms with E-state index >= 15 is 0 Å². The van der Waals surface area contributed by atoms with Gasteiger partial charge in [-0.1, -0.05) is 48.5 Å². The lowest BCUT2D eigenvalue weighted by molar-refractivity contribution is -0.130. The number of hydrogen-bond donors (Lipinski definition) is 1. The lowest BCUT2D eigenvalue weighted by Gasteiger charge is -2.32. The van der Waals surface area contributed by atoms with Crippen molar-refractivity contribution >= 4 is 11.6 Å². The van der Waals surface area contributed by atoms with Gasteiger partial charge in [0.05, 0.1) is 6.54 Å². The summed E-state index contributed by atoms with van der Waals surface area (Å²) in [6.07, 6.45) is 3.34. The highest BCUT2D eigenvalue weighted by Crippen LogP contribution is 2.21. The number of hydrogen-bond acceptors (Lipinski definition) is 2. The molecule has 23 heavy (non-hydrogen) atoms. The van der Waals surface area contributed by atoms with Gasteiger partial charge in [-0.2, -0.15) is 0 Å². The van der Waals surface area contributed by atoms with Crippen LogP contribution in [0.4, 0.5) is 5.69 Å². The molecule has 0 saturated carbocycles. The van der Waals surface area contributed by atoms with E-state index in [1.54, 1.807) is 0 Å². The van der Waals surface area contributed by atoms with E-state index in [2.05, 4.69) is 35.6 Å². The molecule has 2 aromatic carbocycles. The van der Waals surface area contributed by atoms with Crippen LogP contribution in [0, 0.1) is 5.92 Å². The summed E-state index contributed by atoms with van der Waals surface area (Å²) in [5.41, 5.74) is 2.41. The fraction of sp³-hybridized carbons (Fsp3) is 0.350. The normalized spacial score (nSPS) is 15.4. The van der Waals surface area contributed by atoms with Crippen molar-refractivity contribution in [2.75, 3.05) is 25.0 Å². The molecule has 0 unspecified atom stereocenters. The Balaban J connectivity index is 1.42.